The van der Waals surface area contributed by atoms with Gasteiger partial charge >= 0.3 is 0 Å². The van der Waals surface area contributed by atoms with Crippen molar-refractivity contribution in [2.75, 3.05) is 10.6 Å². The third-order valence-corrected chi connectivity index (χ3v) is 3.86. The lowest BCUT2D eigenvalue weighted by molar-refractivity contribution is -0.117. The van der Waals surface area contributed by atoms with Crippen LogP contribution in [0.25, 0.3) is 0 Å². The van der Waals surface area contributed by atoms with Crippen molar-refractivity contribution in [2.24, 2.45) is 5.92 Å². The molecule has 1 aromatic heterocycles. The Balaban J connectivity index is 1.72. The van der Waals surface area contributed by atoms with Crippen LogP contribution in [0.15, 0.2) is 30.3 Å². The standard InChI is InChI=1S/C17H20N4O/c1-3-12-6-4-5-11(2)16(12)18-14-9-10-15(21-20-14)19-17(22)13-7-8-13/h4-6,9-10,13H,3,7-8H2,1-2H3,(H,18,20)(H,19,21,22). The molecule has 5 nitrogen and oxygen atoms in total. The number of carbonyl (C=O) groups excluding carboxylic acids is 1. The Labute approximate surface area is 130 Å². The van der Waals surface area contributed by atoms with E-state index in [9.17, 15) is 4.79 Å². The highest BCUT2D eigenvalue weighted by Crippen LogP contribution is 2.30. The fourth-order valence-electron chi connectivity index (χ4n) is 2.37. The first-order valence-electron chi connectivity index (χ1n) is 7.67. The maximum Gasteiger partial charge on any atom is 0.228 e. The molecule has 22 heavy (non-hydrogen) atoms. The van der Waals surface area contributed by atoms with Crippen molar-refractivity contribution < 1.29 is 4.79 Å². The lowest BCUT2D eigenvalue weighted by Crippen LogP contribution is -2.14. The second-order valence-electron chi connectivity index (χ2n) is 5.65. The van der Waals surface area contributed by atoms with Gasteiger partial charge in [0.25, 0.3) is 0 Å². The van der Waals surface area contributed by atoms with Gasteiger partial charge in [0, 0.05) is 11.6 Å². The minimum absolute atomic E-state index is 0.0437. The number of nitrogens with zero attached hydrogens (tertiary/aromatic N) is 2. The third kappa shape index (κ3) is 3.24. The fourth-order valence-corrected chi connectivity index (χ4v) is 2.37. The van der Waals surface area contributed by atoms with E-state index in [1.165, 1.54) is 11.1 Å². The highest BCUT2D eigenvalue weighted by atomic mass is 16.2. The molecule has 1 amide bonds. The Morgan fingerprint density at radius 1 is 1.18 bits per heavy atom. The van der Waals surface area contributed by atoms with Gasteiger partial charge in [-0.3, -0.25) is 4.79 Å². The normalized spacial score (nSPS) is 13.7. The molecule has 1 heterocycles. The van der Waals surface area contributed by atoms with Crippen LogP contribution in [0.1, 0.15) is 30.9 Å². The Hall–Kier alpha value is -2.43. The van der Waals surface area contributed by atoms with E-state index in [-0.39, 0.29) is 11.8 Å². The van der Waals surface area contributed by atoms with Crippen molar-refractivity contribution in [1.82, 2.24) is 10.2 Å². The zero-order chi connectivity index (χ0) is 15.5. The summed E-state index contributed by atoms with van der Waals surface area (Å²) in [6.45, 7) is 4.20. The van der Waals surface area contributed by atoms with Gasteiger partial charge in [-0.05, 0) is 49.4 Å². The average Bonchev–Trinajstić information content (AvgIpc) is 3.36. The molecule has 1 aromatic carbocycles. The number of benzene rings is 1. The molecule has 1 aliphatic carbocycles. The highest BCUT2D eigenvalue weighted by molar-refractivity contribution is 5.93. The lowest BCUT2D eigenvalue weighted by atomic mass is 10.1. The molecule has 0 spiro atoms. The van der Waals surface area contributed by atoms with Gasteiger partial charge in [-0.25, -0.2) is 0 Å². The summed E-state index contributed by atoms with van der Waals surface area (Å²) in [5, 5.41) is 14.3. The molecule has 0 atom stereocenters. The zero-order valence-corrected chi connectivity index (χ0v) is 12.9. The van der Waals surface area contributed by atoms with Gasteiger partial charge in [0.1, 0.15) is 0 Å². The van der Waals surface area contributed by atoms with Crippen molar-refractivity contribution in [1.29, 1.82) is 0 Å². The molecular formula is C17H20N4O. The van der Waals surface area contributed by atoms with E-state index in [0.717, 1.165) is 24.9 Å². The maximum atomic E-state index is 11.7. The van der Waals surface area contributed by atoms with Crippen molar-refractivity contribution in [3.8, 4) is 0 Å². The Morgan fingerprint density at radius 2 is 1.91 bits per heavy atom. The van der Waals surface area contributed by atoms with Crippen LogP contribution in [0.3, 0.4) is 0 Å². The molecule has 114 valence electrons. The Kier molecular flexibility index (Phi) is 4.04. The topological polar surface area (TPSA) is 66.9 Å². The van der Waals surface area contributed by atoms with Crippen LogP contribution in [-0.4, -0.2) is 16.1 Å². The molecule has 0 aliphatic heterocycles. The minimum Gasteiger partial charge on any atom is -0.338 e. The van der Waals surface area contributed by atoms with Crippen LogP contribution in [-0.2, 0) is 11.2 Å². The van der Waals surface area contributed by atoms with Gasteiger partial charge in [-0.2, -0.15) is 0 Å². The average molecular weight is 296 g/mol. The molecule has 0 unspecified atom stereocenters. The molecule has 0 saturated heterocycles. The third-order valence-electron chi connectivity index (χ3n) is 3.86. The Bertz CT molecular complexity index is 678. The van der Waals surface area contributed by atoms with E-state index in [1.54, 1.807) is 6.07 Å². The van der Waals surface area contributed by atoms with Crippen LogP contribution in [0.2, 0.25) is 0 Å². The number of nitrogens with one attached hydrogen (secondary N) is 2. The second kappa shape index (κ2) is 6.13. The number of aromatic nitrogens is 2. The molecule has 2 N–H and O–H groups in total. The summed E-state index contributed by atoms with van der Waals surface area (Å²) in [4.78, 5) is 11.7. The van der Waals surface area contributed by atoms with Gasteiger partial charge in [-0.15, -0.1) is 10.2 Å². The van der Waals surface area contributed by atoms with Crippen molar-refractivity contribution in [3.05, 3.63) is 41.5 Å². The minimum atomic E-state index is 0.0437. The van der Waals surface area contributed by atoms with Crippen LogP contribution in [0.5, 0.6) is 0 Å². The summed E-state index contributed by atoms with van der Waals surface area (Å²) in [6, 6.07) is 9.84. The molecule has 5 heteroatoms. The molecule has 1 fully saturated rings. The summed E-state index contributed by atoms with van der Waals surface area (Å²) in [5.74, 6) is 1.39. The van der Waals surface area contributed by atoms with E-state index < -0.39 is 0 Å². The van der Waals surface area contributed by atoms with Crippen molar-refractivity contribution in [2.45, 2.75) is 33.1 Å². The van der Waals surface area contributed by atoms with E-state index >= 15 is 0 Å². The summed E-state index contributed by atoms with van der Waals surface area (Å²) >= 11 is 0. The van der Waals surface area contributed by atoms with Gasteiger partial charge in [-0.1, -0.05) is 25.1 Å². The highest BCUT2D eigenvalue weighted by Gasteiger charge is 2.29. The number of para-hydroxylation sites is 1. The summed E-state index contributed by atoms with van der Waals surface area (Å²) in [6.07, 6.45) is 2.91. The SMILES string of the molecule is CCc1cccc(C)c1Nc1ccc(NC(=O)C2CC2)nn1. The van der Waals surface area contributed by atoms with Gasteiger partial charge in [0.15, 0.2) is 11.6 Å². The number of rotatable bonds is 5. The molecule has 2 aromatic rings. The van der Waals surface area contributed by atoms with Crippen LogP contribution in [0.4, 0.5) is 17.3 Å². The number of hydrogen-bond donors (Lipinski definition) is 2. The van der Waals surface area contributed by atoms with E-state index in [0.29, 0.717) is 11.6 Å². The van der Waals surface area contributed by atoms with Gasteiger partial charge in [0.2, 0.25) is 5.91 Å². The number of carbonyl (C=O) groups is 1. The van der Waals surface area contributed by atoms with E-state index in [1.807, 2.05) is 6.07 Å². The fraction of sp³-hybridized carbons (Fsp3) is 0.353. The predicted molar refractivity (Wildman–Crippen MR) is 87.2 cm³/mol. The first kappa shape index (κ1) is 14.5. The largest absolute Gasteiger partial charge is 0.338 e. The molecule has 0 bridgehead atoms. The monoisotopic (exact) mass is 296 g/mol. The molecule has 1 aliphatic rings. The first-order chi connectivity index (χ1) is 10.7. The van der Waals surface area contributed by atoms with Crippen LogP contribution >= 0.6 is 0 Å². The second-order valence-corrected chi connectivity index (χ2v) is 5.65. The zero-order valence-electron chi connectivity index (χ0n) is 12.9. The summed E-state index contributed by atoms with van der Waals surface area (Å²) in [7, 11) is 0. The van der Waals surface area contributed by atoms with Crippen LogP contribution < -0.4 is 10.6 Å². The molecule has 1 saturated carbocycles. The molecular weight excluding hydrogens is 276 g/mol. The maximum absolute atomic E-state index is 11.7. The first-order valence-corrected chi connectivity index (χ1v) is 7.67. The van der Waals surface area contributed by atoms with E-state index in [4.69, 9.17) is 0 Å². The van der Waals surface area contributed by atoms with Crippen molar-refractivity contribution >= 4 is 23.2 Å². The summed E-state index contributed by atoms with van der Waals surface area (Å²) < 4.78 is 0. The number of anilines is 3. The molecule has 0 radical (unpaired) electrons. The van der Waals surface area contributed by atoms with Crippen LogP contribution in [0, 0.1) is 12.8 Å². The quantitative estimate of drug-likeness (QED) is 0.887. The predicted octanol–water partition coefficient (Wildman–Crippen LogP) is 3.44. The summed E-state index contributed by atoms with van der Waals surface area (Å²) in [5.41, 5.74) is 3.49. The van der Waals surface area contributed by atoms with Crippen molar-refractivity contribution in [3.63, 3.8) is 0 Å². The number of amides is 1. The Morgan fingerprint density at radius 3 is 2.55 bits per heavy atom. The lowest BCUT2D eigenvalue weighted by Gasteiger charge is -2.13. The van der Waals surface area contributed by atoms with Gasteiger partial charge in [0.05, 0.1) is 0 Å². The van der Waals surface area contributed by atoms with E-state index in [2.05, 4.69) is 52.9 Å². The van der Waals surface area contributed by atoms with Gasteiger partial charge < -0.3 is 10.6 Å². The smallest absolute Gasteiger partial charge is 0.228 e. The number of aryl methyl sites for hydroxylation is 2. The molecule has 3 rings (SSSR count). The number of hydrogen-bond acceptors (Lipinski definition) is 4.